The summed E-state index contributed by atoms with van der Waals surface area (Å²) < 4.78 is 12.8. The van der Waals surface area contributed by atoms with E-state index >= 15 is 0 Å². The van der Waals surface area contributed by atoms with E-state index in [-0.39, 0.29) is 0 Å². The lowest BCUT2D eigenvalue weighted by atomic mass is 10.0. The minimum Gasteiger partial charge on any atom is -0.243 e. The van der Waals surface area contributed by atoms with E-state index in [1.165, 1.54) is 17.6 Å². The van der Waals surface area contributed by atoms with E-state index in [2.05, 4.69) is 13.5 Å². The predicted octanol–water partition coefficient (Wildman–Crippen LogP) is 3.40. The van der Waals surface area contributed by atoms with Crippen molar-refractivity contribution < 1.29 is 4.39 Å². The van der Waals surface area contributed by atoms with Gasteiger partial charge in [0.25, 0.3) is 0 Å². The summed E-state index contributed by atoms with van der Waals surface area (Å²) in [6.07, 6.45) is 2.45. The van der Waals surface area contributed by atoms with E-state index in [1.807, 2.05) is 0 Å². The van der Waals surface area contributed by atoms with Crippen LogP contribution in [0, 0.1) is 0 Å². The quantitative estimate of drug-likeness (QED) is 0.571. The molecule has 0 aromatic rings. The molecule has 0 aliphatic heterocycles. The molecule has 1 unspecified atom stereocenters. The van der Waals surface area contributed by atoms with Gasteiger partial charge in [-0.2, -0.15) is 0 Å². The van der Waals surface area contributed by atoms with Gasteiger partial charge in [-0.25, -0.2) is 4.39 Å². The van der Waals surface area contributed by atoms with Gasteiger partial charge in [-0.1, -0.05) is 12.2 Å². The van der Waals surface area contributed by atoms with Gasteiger partial charge in [-0.3, -0.25) is 0 Å². The summed E-state index contributed by atoms with van der Waals surface area (Å²) in [5.41, 5.74) is 3.21. The molecular formula is C10H15F. The summed E-state index contributed by atoms with van der Waals surface area (Å²) in [7, 11) is 0. The van der Waals surface area contributed by atoms with Gasteiger partial charge in [0.1, 0.15) is 6.17 Å². The smallest absolute Gasteiger partial charge is 0.122 e. The molecule has 62 valence electrons. The molecule has 0 radical (unpaired) electrons. The Balaban J connectivity index is 2.74. The first-order chi connectivity index (χ1) is 5.13. The number of alkyl halides is 1. The minimum atomic E-state index is -0.877. The fourth-order valence-corrected chi connectivity index (χ4v) is 1.57. The molecule has 0 aromatic carbocycles. The van der Waals surface area contributed by atoms with Crippen LogP contribution in [0.5, 0.6) is 0 Å². The zero-order valence-corrected chi connectivity index (χ0v) is 7.28. The molecule has 0 bridgehead atoms. The van der Waals surface area contributed by atoms with E-state index in [0.717, 1.165) is 12.8 Å². The maximum atomic E-state index is 12.8. The Bertz CT molecular complexity index is 199. The summed E-state index contributed by atoms with van der Waals surface area (Å²) >= 11 is 0. The topological polar surface area (TPSA) is 0 Å². The molecular weight excluding hydrogens is 139 g/mol. The number of allylic oxidation sites excluding steroid dienone is 3. The van der Waals surface area contributed by atoms with Crippen molar-refractivity contribution in [3.8, 4) is 0 Å². The average Bonchev–Trinajstić information content (AvgIpc) is 2.33. The Hall–Kier alpha value is -0.590. The van der Waals surface area contributed by atoms with Crippen LogP contribution in [0.1, 0.15) is 33.1 Å². The van der Waals surface area contributed by atoms with E-state index in [9.17, 15) is 4.39 Å². The monoisotopic (exact) mass is 154 g/mol. The molecule has 0 nitrogen and oxygen atoms in total. The molecule has 0 spiro atoms. The largest absolute Gasteiger partial charge is 0.243 e. The lowest BCUT2D eigenvalue weighted by molar-refractivity contribution is 0.414. The lowest BCUT2D eigenvalue weighted by Gasteiger charge is -2.08. The van der Waals surface area contributed by atoms with Crippen molar-refractivity contribution in [1.29, 1.82) is 0 Å². The molecule has 1 rings (SSSR count). The van der Waals surface area contributed by atoms with Crippen molar-refractivity contribution in [2.24, 2.45) is 0 Å². The summed E-state index contributed by atoms with van der Waals surface area (Å²) in [5, 5.41) is 0. The first kappa shape index (κ1) is 8.51. The van der Waals surface area contributed by atoms with Gasteiger partial charge in [0.15, 0.2) is 0 Å². The van der Waals surface area contributed by atoms with Gasteiger partial charge < -0.3 is 0 Å². The summed E-state index contributed by atoms with van der Waals surface area (Å²) in [6.45, 7) is 7.39. The fraction of sp³-hybridized carbons (Fsp3) is 0.600. The van der Waals surface area contributed by atoms with Crippen molar-refractivity contribution in [3.63, 3.8) is 0 Å². The Labute approximate surface area is 67.8 Å². The molecule has 0 N–H and O–H groups in total. The van der Waals surface area contributed by atoms with Gasteiger partial charge in [0.2, 0.25) is 0 Å². The summed E-state index contributed by atoms with van der Waals surface area (Å²) in [4.78, 5) is 0. The average molecular weight is 154 g/mol. The van der Waals surface area contributed by atoms with Gasteiger partial charge >= 0.3 is 0 Å². The van der Waals surface area contributed by atoms with Gasteiger partial charge in [0.05, 0.1) is 0 Å². The Morgan fingerprint density at radius 1 is 1.55 bits per heavy atom. The summed E-state index contributed by atoms with van der Waals surface area (Å²) in [6, 6.07) is 0. The number of hydrogen-bond donors (Lipinski definition) is 0. The van der Waals surface area contributed by atoms with E-state index in [0.29, 0.717) is 5.57 Å². The van der Waals surface area contributed by atoms with Crippen LogP contribution in [0.25, 0.3) is 0 Å². The molecule has 1 aliphatic rings. The third-order valence-electron chi connectivity index (χ3n) is 2.36. The molecule has 1 atom stereocenters. The lowest BCUT2D eigenvalue weighted by Crippen LogP contribution is -1.99. The van der Waals surface area contributed by atoms with Crippen LogP contribution in [0.3, 0.4) is 0 Å². The number of rotatable bonds is 2. The van der Waals surface area contributed by atoms with Crippen LogP contribution in [0.2, 0.25) is 0 Å². The molecule has 0 saturated heterocycles. The maximum absolute atomic E-state index is 12.8. The van der Waals surface area contributed by atoms with Gasteiger partial charge in [0, 0.05) is 0 Å². The van der Waals surface area contributed by atoms with Crippen LogP contribution >= 0.6 is 0 Å². The van der Waals surface area contributed by atoms with Crippen LogP contribution in [0.15, 0.2) is 23.3 Å². The number of hydrogen-bond acceptors (Lipinski definition) is 0. The predicted molar refractivity (Wildman–Crippen MR) is 46.3 cm³/mol. The maximum Gasteiger partial charge on any atom is 0.122 e. The van der Waals surface area contributed by atoms with Crippen LogP contribution in [0.4, 0.5) is 4.39 Å². The van der Waals surface area contributed by atoms with Gasteiger partial charge in [-0.05, 0) is 44.3 Å². The second-order valence-corrected chi connectivity index (χ2v) is 3.25. The van der Waals surface area contributed by atoms with Crippen molar-refractivity contribution >= 4 is 0 Å². The molecule has 0 amide bonds. The van der Waals surface area contributed by atoms with Crippen molar-refractivity contribution in [2.45, 2.75) is 39.3 Å². The normalized spacial score (nSPS) is 20.6. The first-order valence-corrected chi connectivity index (χ1v) is 4.14. The van der Waals surface area contributed by atoms with E-state index in [1.54, 1.807) is 6.92 Å². The van der Waals surface area contributed by atoms with Crippen LogP contribution in [-0.2, 0) is 0 Å². The third kappa shape index (κ3) is 1.70. The highest BCUT2D eigenvalue weighted by molar-refractivity contribution is 5.37. The molecule has 1 aliphatic carbocycles. The highest BCUT2D eigenvalue weighted by Crippen LogP contribution is 2.32. The van der Waals surface area contributed by atoms with Crippen molar-refractivity contribution in [2.75, 3.05) is 0 Å². The van der Waals surface area contributed by atoms with Crippen molar-refractivity contribution in [1.82, 2.24) is 0 Å². The highest BCUT2D eigenvalue weighted by atomic mass is 19.1. The van der Waals surface area contributed by atoms with Gasteiger partial charge in [-0.15, -0.1) is 0 Å². The second kappa shape index (κ2) is 3.21. The minimum absolute atomic E-state index is 0.694. The molecule has 0 aromatic heterocycles. The Morgan fingerprint density at radius 2 is 2.18 bits per heavy atom. The standard InChI is InChI=1S/C10H15F/c1-7-5-4-6-10(7)8(2)9(3)11/h9H,2,4-6H2,1,3H3. The van der Waals surface area contributed by atoms with Crippen LogP contribution < -0.4 is 0 Å². The molecule has 0 saturated carbocycles. The molecule has 0 fully saturated rings. The van der Waals surface area contributed by atoms with Crippen LogP contribution in [-0.4, -0.2) is 6.17 Å². The SMILES string of the molecule is C=C(C1=C(C)CCC1)C(C)F. The van der Waals surface area contributed by atoms with E-state index in [4.69, 9.17) is 0 Å². The highest BCUT2D eigenvalue weighted by Gasteiger charge is 2.16. The second-order valence-electron chi connectivity index (χ2n) is 3.25. The first-order valence-electron chi connectivity index (χ1n) is 4.14. The third-order valence-corrected chi connectivity index (χ3v) is 2.36. The zero-order chi connectivity index (χ0) is 8.43. The number of halogens is 1. The molecule has 0 heterocycles. The summed E-state index contributed by atoms with van der Waals surface area (Å²) in [5.74, 6) is 0. The fourth-order valence-electron chi connectivity index (χ4n) is 1.57. The molecule has 1 heteroatoms. The van der Waals surface area contributed by atoms with E-state index < -0.39 is 6.17 Å². The van der Waals surface area contributed by atoms with Crippen molar-refractivity contribution in [3.05, 3.63) is 23.3 Å². The Morgan fingerprint density at radius 3 is 2.55 bits per heavy atom. The molecule has 11 heavy (non-hydrogen) atoms. The zero-order valence-electron chi connectivity index (χ0n) is 7.28. The Kier molecular flexibility index (Phi) is 2.48.